The normalized spacial score (nSPS) is 44.7. The molecule has 0 aromatic heterocycles. The highest BCUT2D eigenvalue weighted by atomic mass is 17.1. The van der Waals surface area contributed by atoms with Gasteiger partial charge >= 0.3 is 5.97 Å². The predicted molar refractivity (Wildman–Crippen MR) is 108 cm³/mol. The number of ether oxygens (including phenoxy) is 2. The molecule has 7 heteroatoms. The number of esters is 1. The molecule has 11 unspecified atom stereocenters. The Hall–Kier alpha value is -1.60. The maximum atomic E-state index is 13.2. The van der Waals surface area contributed by atoms with Crippen molar-refractivity contribution >= 4 is 11.9 Å². The van der Waals surface area contributed by atoms with Crippen molar-refractivity contribution in [3.05, 3.63) is 12.0 Å². The molecule has 168 valence electrons. The van der Waals surface area contributed by atoms with Crippen LogP contribution in [0.4, 0.5) is 0 Å². The summed E-state index contributed by atoms with van der Waals surface area (Å²) in [5.41, 5.74) is 0. The van der Waals surface area contributed by atoms with Crippen LogP contribution < -0.4 is 5.32 Å². The van der Waals surface area contributed by atoms with Crippen LogP contribution in [-0.2, 0) is 24.0 Å². The second-order valence-corrected chi connectivity index (χ2v) is 9.87. The number of hydrogen-bond acceptors (Lipinski definition) is 6. The Morgan fingerprint density at radius 3 is 2.20 bits per heavy atom. The maximum absolute atomic E-state index is 13.2. The number of carbonyl (C=O) groups is 2. The number of nitrogens with one attached hydrogen (secondary N) is 1. The lowest BCUT2D eigenvalue weighted by atomic mass is 9.59. The molecule has 0 radical (unpaired) electrons. The first-order valence-corrected chi connectivity index (χ1v) is 11.4. The molecule has 0 saturated heterocycles. The third kappa shape index (κ3) is 3.25. The number of fused-ring (bicyclic) bond motifs is 9. The lowest BCUT2D eigenvalue weighted by molar-refractivity contribution is -0.202. The van der Waals surface area contributed by atoms with E-state index >= 15 is 0 Å². The Balaban J connectivity index is 1.60. The first kappa shape index (κ1) is 21.6. The minimum Gasteiger partial charge on any atom is -0.436 e. The van der Waals surface area contributed by atoms with Crippen molar-refractivity contribution < 1.29 is 29.2 Å². The molecule has 1 amide bonds. The quantitative estimate of drug-likeness (QED) is 0.163. The van der Waals surface area contributed by atoms with Crippen LogP contribution in [0.1, 0.15) is 47.5 Å². The second-order valence-electron chi connectivity index (χ2n) is 9.87. The molecule has 0 heterocycles. The van der Waals surface area contributed by atoms with E-state index in [0.717, 1.165) is 6.42 Å². The molecule has 4 bridgehead atoms. The molecule has 11 atom stereocenters. The summed E-state index contributed by atoms with van der Waals surface area (Å²) < 4.78 is 11.0. The Morgan fingerprint density at radius 2 is 1.63 bits per heavy atom. The van der Waals surface area contributed by atoms with E-state index in [2.05, 4.69) is 24.1 Å². The van der Waals surface area contributed by atoms with Gasteiger partial charge in [-0.2, -0.15) is 0 Å². The molecule has 0 aliphatic heterocycles. The number of amides is 1. The fourth-order valence-corrected chi connectivity index (χ4v) is 7.73. The van der Waals surface area contributed by atoms with Crippen LogP contribution in [0, 0.1) is 59.2 Å². The van der Waals surface area contributed by atoms with Gasteiger partial charge in [-0.3, -0.25) is 9.59 Å². The van der Waals surface area contributed by atoms with Gasteiger partial charge in [0.1, 0.15) is 0 Å². The summed E-state index contributed by atoms with van der Waals surface area (Å²) in [6.07, 6.45) is 2.88. The van der Waals surface area contributed by atoms with Gasteiger partial charge in [-0.1, -0.05) is 13.8 Å². The molecule has 4 saturated carbocycles. The van der Waals surface area contributed by atoms with Gasteiger partial charge in [0.15, 0.2) is 12.0 Å². The second kappa shape index (κ2) is 8.15. The van der Waals surface area contributed by atoms with Crippen molar-refractivity contribution in [2.75, 3.05) is 6.61 Å². The fourth-order valence-electron chi connectivity index (χ4n) is 7.73. The molecule has 4 rings (SSSR count). The highest BCUT2D eigenvalue weighted by Gasteiger charge is 2.71. The SMILES string of the molecule is CCOC(C)OC(=O)C1C2CC(C1C(=O)N/C=C(\C)OO)C1C3CC(C(C)C3C)C21. The van der Waals surface area contributed by atoms with E-state index in [-0.39, 0.29) is 29.5 Å². The zero-order valence-electron chi connectivity index (χ0n) is 18.5. The van der Waals surface area contributed by atoms with Crippen LogP contribution in [0.5, 0.6) is 0 Å². The third-order valence-corrected chi connectivity index (χ3v) is 8.82. The van der Waals surface area contributed by atoms with Crippen LogP contribution in [0.15, 0.2) is 12.0 Å². The third-order valence-electron chi connectivity index (χ3n) is 8.82. The minimum absolute atomic E-state index is 0.188. The first-order valence-electron chi connectivity index (χ1n) is 11.4. The van der Waals surface area contributed by atoms with E-state index in [1.54, 1.807) is 13.8 Å². The van der Waals surface area contributed by atoms with Gasteiger partial charge in [0.2, 0.25) is 5.91 Å². The van der Waals surface area contributed by atoms with E-state index in [4.69, 9.17) is 14.7 Å². The average Bonchev–Trinajstić information content (AvgIpc) is 3.44. The van der Waals surface area contributed by atoms with Crippen molar-refractivity contribution in [3.8, 4) is 0 Å². The van der Waals surface area contributed by atoms with Gasteiger partial charge in [0.05, 0.1) is 11.8 Å². The molecule has 2 N–H and O–H groups in total. The van der Waals surface area contributed by atoms with Crippen molar-refractivity contribution in [1.29, 1.82) is 0 Å². The van der Waals surface area contributed by atoms with Gasteiger partial charge in [-0.15, -0.1) is 0 Å². The maximum Gasteiger partial charge on any atom is 0.312 e. The predicted octanol–water partition coefficient (Wildman–Crippen LogP) is 3.42. The molecule has 0 spiro atoms. The largest absolute Gasteiger partial charge is 0.436 e. The zero-order valence-corrected chi connectivity index (χ0v) is 18.5. The van der Waals surface area contributed by atoms with Gasteiger partial charge in [-0.05, 0) is 81.0 Å². The molecular weight excluding hydrogens is 386 g/mol. The molecule has 30 heavy (non-hydrogen) atoms. The molecule has 0 aromatic rings. The fraction of sp³-hybridized carbons (Fsp3) is 0.826. The van der Waals surface area contributed by atoms with E-state index < -0.39 is 18.1 Å². The summed E-state index contributed by atoms with van der Waals surface area (Å²) in [6, 6.07) is 0. The topological polar surface area (TPSA) is 94.1 Å². The summed E-state index contributed by atoms with van der Waals surface area (Å²) in [5, 5.41) is 11.5. The summed E-state index contributed by atoms with van der Waals surface area (Å²) in [5.74, 6) is 2.93. The van der Waals surface area contributed by atoms with Gasteiger partial charge in [-0.25, -0.2) is 5.26 Å². The Kier molecular flexibility index (Phi) is 5.88. The highest BCUT2D eigenvalue weighted by Crippen LogP contribution is 2.72. The first-order chi connectivity index (χ1) is 14.3. The Labute approximate surface area is 178 Å². The van der Waals surface area contributed by atoms with Crippen LogP contribution in [0.25, 0.3) is 0 Å². The smallest absolute Gasteiger partial charge is 0.312 e. The molecular formula is C23H35NO6. The van der Waals surface area contributed by atoms with Crippen molar-refractivity contribution in [2.45, 2.75) is 53.8 Å². The zero-order chi connectivity index (χ0) is 21.7. The standard InChI is InChI=1S/C23H35NO6/c1-6-28-13(5)29-23(26)21-17-8-16(20(21)22(25)24-9-10(2)30-27)18-14-7-15(19(17)18)12(4)11(14)3/h9,11-21,27H,6-8H2,1-5H3,(H,24,25)/b10-9+. The van der Waals surface area contributed by atoms with E-state index in [1.807, 2.05) is 6.92 Å². The highest BCUT2D eigenvalue weighted by molar-refractivity contribution is 5.87. The summed E-state index contributed by atoms with van der Waals surface area (Å²) in [6.45, 7) is 10.3. The van der Waals surface area contributed by atoms with Crippen LogP contribution in [0.3, 0.4) is 0 Å². The van der Waals surface area contributed by atoms with E-state index in [9.17, 15) is 9.59 Å². The Bertz CT molecular complexity index is 722. The molecule has 4 aliphatic rings. The van der Waals surface area contributed by atoms with E-state index in [0.29, 0.717) is 42.1 Å². The molecule has 7 nitrogen and oxygen atoms in total. The number of carbonyl (C=O) groups excluding carboxylic acids is 2. The number of rotatable bonds is 7. The Morgan fingerprint density at radius 1 is 1.07 bits per heavy atom. The van der Waals surface area contributed by atoms with Gasteiger partial charge in [0.25, 0.3) is 0 Å². The summed E-state index contributed by atoms with van der Waals surface area (Å²) >= 11 is 0. The molecule has 0 aromatic carbocycles. The van der Waals surface area contributed by atoms with Gasteiger partial charge < -0.3 is 19.7 Å². The van der Waals surface area contributed by atoms with Crippen molar-refractivity contribution in [3.63, 3.8) is 0 Å². The number of hydrogen-bond donors (Lipinski definition) is 2. The van der Waals surface area contributed by atoms with Crippen LogP contribution in [0.2, 0.25) is 0 Å². The monoisotopic (exact) mass is 421 g/mol. The van der Waals surface area contributed by atoms with Gasteiger partial charge in [0, 0.05) is 12.8 Å². The average molecular weight is 422 g/mol. The van der Waals surface area contributed by atoms with Crippen molar-refractivity contribution in [2.24, 2.45) is 59.2 Å². The van der Waals surface area contributed by atoms with Crippen molar-refractivity contribution in [1.82, 2.24) is 5.32 Å². The van der Waals surface area contributed by atoms with E-state index in [1.165, 1.54) is 12.6 Å². The minimum atomic E-state index is -0.620. The lowest BCUT2D eigenvalue weighted by Crippen LogP contribution is -2.49. The summed E-state index contributed by atoms with van der Waals surface area (Å²) in [4.78, 5) is 30.6. The van der Waals surface area contributed by atoms with Crippen LogP contribution >= 0.6 is 0 Å². The molecule has 4 aliphatic carbocycles. The van der Waals surface area contributed by atoms with Crippen LogP contribution in [-0.4, -0.2) is 30.0 Å². The molecule has 4 fully saturated rings. The summed E-state index contributed by atoms with van der Waals surface area (Å²) in [7, 11) is 0. The number of allylic oxidation sites excluding steroid dienone is 1. The lowest BCUT2D eigenvalue weighted by Gasteiger charge is -2.45.